The summed E-state index contributed by atoms with van der Waals surface area (Å²) < 4.78 is 0. The molecule has 0 bridgehead atoms. The van der Waals surface area contributed by atoms with E-state index in [2.05, 4.69) is 18.3 Å². The van der Waals surface area contributed by atoms with Gasteiger partial charge < -0.3 is 10.2 Å². The molecular weight excluding hydrogens is 220 g/mol. The summed E-state index contributed by atoms with van der Waals surface area (Å²) in [5.41, 5.74) is 0. The van der Waals surface area contributed by atoms with Gasteiger partial charge in [-0.05, 0) is 25.5 Å². The molecule has 1 fully saturated rings. The summed E-state index contributed by atoms with van der Waals surface area (Å²) in [4.78, 5) is 16.4. The van der Waals surface area contributed by atoms with Crippen LogP contribution in [-0.4, -0.2) is 36.5 Å². The number of hydrogen-bond acceptors (Lipinski definition) is 3. The van der Waals surface area contributed by atoms with Crippen molar-refractivity contribution in [1.82, 2.24) is 10.2 Å². The first-order valence-corrected chi connectivity index (χ1v) is 6.68. The third-order valence-electron chi connectivity index (χ3n) is 3.02. The molecule has 1 aromatic rings. The second-order valence-electron chi connectivity index (χ2n) is 4.02. The van der Waals surface area contributed by atoms with Crippen LogP contribution in [0.5, 0.6) is 0 Å². The van der Waals surface area contributed by atoms with Gasteiger partial charge in [0.2, 0.25) is 0 Å². The molecule has 1 aliphatic rings. The lowest BCUT2D eigenvalue weighted by Gasteiger charge is -2.37. The van der Waals surface area contributed by atoms with Crippen LogP contribution in [0.3, 0.4) is 0 Å². The van der Waals surface area contributed by atoms with Gasteiger partial charge in [-0.15, -0.1) is 11.3 Å². The molecule has 88 valence electrons. The first-order chi connectivity index (χ1) is 7.76. The maximum absolute atomic E-state index is 12.2. The van der Waals surface area contributed by atoms with Crippen LogP contribution >= 0.6 is 11.3 Å². The van der Waals surface area contributed by atoms with Crippen molar-refractivity contribution >= 4 is 17.2 Å². The first kappa shape index (κ1) is 11.6. The molecule has 0 radical (unpaired) electrons. The topological polar surface area (TPSA) is 32.3 Å². The number of amides is 1. The van der Waals surface area contributed by atoms with E-state index >= 15 is 0 Å². The number of nitrogens with zero attached hydrogens (tertiary/aromatic N) is 1. The van der Waals surface area contributed by atoms with Crippen LogP contribution in [0.4, 0.5) is 0 Å². The number of nitrogens with one attached hydrogen (secondary N) is 1. The molecule has 1 saturated heterocycles. The largest absolute Gasteiger partial charge is 0.333 e. The van der Waals surface area contributed by atoms with Crippen molar-refractivity contribution in [3.8, 4) is 0 Å². The Hall–Kier alpha value is -0.870. The standard InChI is InChI=1S/C12H18N2OS/c1-3-10-5-6-11(16-10)12(15)14(4-2)9-7-13-8-9/h5-6,9,13H,3-4,7-8H2,1-2H3. The first-order valence-electron chi connectivity index (χ1n) is 5.86. The molecule has 16 heavy (non-hydrogen) atoms. The fraction of sp³-hybridized carbons (Fsp3) is 0.583. The van der Waals surface area contributed by atoms with E-state index in [4.69, 9.17) is 0 Å². The van der Waals surface area contributed by atoms with Gasteiger partial charge in [0.05, 0.1) is 10.9 Å². The Labute approximate surface area is 100 Å². The lowest BCUT2D eigenvalue weighted by Crippen LogP contribution is -2.58. The Kier molecular flexibility index (Phi) is 3.61. The molecule has 1 aliphatic heterocycles. The number of carbonyl (C=O) groups excluding carboxylic acids is 1. The highest BCUT2D eigenvalue weighted by Gasteiger charge is 2.28. The van der Waals surface area contributed by atoms with E-state index < -0.39 is 0 Å². The monoisotopic (exact) mass is 238 g/mol. The second-order valence-corrected chi connectivity index (χ2v) is 5.19. The van der Waals surface area contributed by atoms with Gasteiger partial charge in [0.15, 0.2) is 0 Å². The van der Waals surface area contributed by atoms with Gasteiger partial charge in [-0.1, -0.05) is 6.92 Å². The third-order valence-corrected chi connectivity index (χ3v) is 4.24. The van der Waals surface area contributed by atoms with Gasteiger partial charge in [0.1, 0.15) is 0 Å². The van der Waals surface area contributed by atoms with Crippen LogP contribution in [-0.2, 0) is 6.42 Å². The van der Waals surface area contributed by atoms with Gasteiger partial charge in [-0.25, -0.2) is 0 Å². The molecule has 1 N–H and O–H groups in total. The summed E-state index contributed by atoms with van der Waals surface area (Å²) in [5.74, 6) is 0.193. The van der Waals surface area contributed by atoms with E-state index in [0.717, 1.165) is 30.9 Å². The molecular formula is C12H18N2OS. The van der Waals surface area contributed by atoms with Crippen molar-refractivity contribution in [2.75, 3.05) is 19.6 Å². The molecule has 3 nitrogen and oxygen atoms in total. The van der Waals surface area contributed by atoms with E-state index in [0.29, 0.717) is 6.04 Å². The normalized spacial score (nSPS) is 15.9. The molecule has 0 saturated carbocycles. The summed E-state index contributed by atoms with van der Waals surface area (Å²) in [7, 11) is 0. The van der Waals surface area contributed by atoms with Crippen molar-refractivity contribution in [2.24, 2.45) is 0 Å². The minimum absolute atomic E-state index is 0.193. The number of carbonyl (C=O) groups is 1. The van der Waals surface area contributed by atoms with E-state index in [1.807, 2.05) is 17.9 Å². The molecule has 0 spiro atoms. The Balaban J connectivity index is 2.09. The molecule has 2 rings (SSSR count). The quantitative estimate of drug-likeness (QED) is 0.866. The summed E-state index contributed by atoms with van der Waals surface area (Å²) >= 11 is 1.63. The molecule has 0 atom stereocenters. The van der Waals surface area contributed by atoms with Gasteiger partial charge in [-0.2, -0.15) is 0 Å². The molecule has 0 aliphatic carbocycles. The minimum Gasteiger partial charge on any atom is -0.333 e. The third kappa shape index (κ3) is 2.13. The summed E-state index contributed by atoms with van der Waals surface area (Å²) in [6, 6.07) is 4.41. The van der Waals surface area contributed by atoms with Crippen LogP contribution in [0.1, 0.15) is 28.4 Å². The number of rotatable bonds is 4. The fourth-order valence-corrected chi connectivity index (χ4v) is 2.79. The number of hydrogen-bond donors (Lipinski definition) is 1. The minimum atomic E-state index is 0.193. The number of thiophene rings is 1. The van der Waals surface area contributed by atoms with Crippen molar-refractivity contribution in [3.63, 3.8) is 0 Å². The maximum atomic E-state index is 12.2. The van der Waals surface area contributed by atoms with Crippen LogP contribution < -0.4 is 5.32 Å². The highest BCUT2D eigenvalue weighted by Crippen LogP contribution is 2.20. The van der Waals surface area contributed by atoms with E-state index in [9.17, 15) is 4.79 Å². The Morgan fingerprint density at radius 2 is 2.25 bits per heavy atom. The Bertz CT molecular complexity index is 371. The van der Waals surface area contributed by atoms with Crippen molar-refractivity contribution < 1.29 is 4.79 Å². The molecule has 0 aromatic carbocycles. The van der Waals surface area contributed by atoms with Gasteiger partial charge >= 0.3 is 0 Å². The van der Waals surface area contributed by atoms with Crippen LogP contribution in [0.2, 0.25) is 0 Å². The van der Waals surface area contributed by atoms with Crippen LogP contribution in [0.25, 0.3) is 0 Å². The van der Waals surface area contributed by atoms with Gasteiger partial charge in [-0.3, -0.25) is 4.79 Å². The molecule has 4 heteroatoms. The highest BCUT2D eigenvalue weighted by molar-refractivity contribution is 7.14. The zero-order chi connectivity index (χ0) is 11.5. The van der Waals surface area contributed by atoms with Crippen molar-refractivity contribution in [2.45, 2.75) is 26.3 Å². The van der Waals surface area contributed by atoms with E-state index in [1.165, 1.54) is 4.88 Å². The summed E-state index contributed by atoms with van der Waals surface area (Å²) in [6.45, 7) is 6.83. The Morgan fingerprint density at radius 3 is 2.69 bits per heavy atom. The predicted molar refractivity (Wildman–Crippen MR) is 67.1 cm³/mol. The highest BCUT2D eigenvalue weighted by atomic mass is 32.1. The fourth-order valence-electron chi connectivity index (χ4n) is 1.89. The summed E-state index contributed by atoms with van der Waals surface area (Å²) in [5, 5.41) is 3.21. The zero-order valence-corrected chi connectivity index (χ0v) is 10.6. The van der Waals surface area contributed by atoms with Gasteiger partial charge in [0, 0.05) is 24.5 Å². The zero-order valence-electron chi connectivity index (χ0n) is 9.82. The SMILES string of the molecule is CCc1ccc(C(=O)N(CC)C2CNC2)s1. The molecule has 0 unspecified atom stereocenters. The lowest BCUT2D eigenvalue weighted by molar-refractivity contribution is 0.0635. The molecule has 1 amide bonds. The van der Waals surface area contributed by atoms with Gasteiger partial charge in [0.25, 0.3) is 5.91 Å². The average Bonchev–Trinajstić information content (AvgIpc) is 2.70. The predicted octanol–water partition coefficient (Wildman–Crippen LogP) is 1.74. The lowest BCUT2D eigenvalue weighted by atomic mass is 10.1. The maximum Gasteiger partial charge on any atom is 0.264 e. The summed E-state index contributed by atoms with van der Waals surface area (Å²) in [6.07, 6.45) is 1.01. The average molecular weight is 238 g/mol. The van der Waals surface area contributed by atoms with Crippen LogP contribution in [0, 0.1) is 0 Å². The smallest absolute Gasteiger partial charge is 0.264 e. The number of aryl methyl sites for hydroxylation is 1. The Morgan fingerprint density at radius 1 is 1.50 bits per heavy atom. The second kappa shape index (κ2) is 4.97. The molecule has 2 heterocycles. The van der Waals surface area contributed by atoms with Crippen molar-refractivity contribution in [3.05, 3.63) is 21.9 Å². The van der Waals surface area contributed by atoms with Crippen molar-refractivity contribution in [1.29, 1.82) is 0 Å². The van der Waals surface area contributed by atoms with E-state index in [-0.39, 0.29) is 5.91 Å². The van der Waals surface area contributed by atoms with E-state index in [1.54, 1.807) is 11.3 Å². The number of likely N-dealkylation sites (N-methyl/N-ethyl adjacent to an activating group) is 1. The van der Waals surface area contributed by atoms with Crippen LogP contribution in [0.15, 0.2) is 12.1 Å². The molecule has 1 aromatic heterocycles.